The topological polar surface area (TPSA) is 57.8 Å². The summed E-state index contributed by atoms with van der Waals surface area (Å²) in [4.78, 5) is 20.9. The van der Waals surface area contributed by atoms with E-state index in [1.807, 2.05) is 30.5 Å². The fraction of sp³-hybridized carbons (Fsp3) is 0.333. The van der Waals surface area contributed by atoms with Crippen molar-refractivity contribution in [2.45, 2.75) is 24.2 Å². The van der Waals surface area contributed by atoms with E-state index < -0.39 is 0 Å². The van der Waals surface area contributed by atoms with Gasteiger partial charge in [0.15, 0.2) is 0 Å². The molecule has 1 aliphatic carbocycles. The van der Waals surface area contributed by atoms with Crippen LogP contribution in [0.4, 0.5) is 5.69 Å². The van der Waals surface area contributed by atoms with Crippen molar-refractivity contribution in [2.24, 2.45) is 5.92 Å². The first-order valence-corrected chi connectivity index (χ1v) is 7.95. The molecule has 1 heterocycles. The number of hydrogen-bond acceptors (Lipinski definition) is 3. The van der Waals surface area contributed by atoms with Gasteiger partial charge in [-0.3, -0.25) is 4.79 Å². The summed E-state index contributed by atoms with van der Waals surface area (Å²) >= 11 is 1.67. The largest absolute Gasteiger partial charge is 0.348 e. The Bertz CT molecular complexity index is 623. The van der Waals surface area contributed by atoms with Gasteiger partial charge in [-0.2, -0.15) is 0 Å². The number of carbonyl (C=O) groups is 1. The minimum atomic E-state index is 0.0286. The molecular formula is C15H17N3OS. The van der Waals surface area contributed by atoms with Gasteiger partial charge in [-0.05, 0) is 37.3 Å². The van der Waals surface area contributed by atoms with Crippen molar-refractivity contribution in [3.8, 4) is 0 Å². The number of benzene rings is 1. The number of H-pyrrole nitrogens is 1. The lowest BCUT2D eigenvalue weighted by Crippen LogP contribution is -2.28. The van der Waals surface area contributed by atoms with Crippen LogP contribution in [0, 0.1) is 5.92 Å². The molecule has 1 aromatic carbocycles. The molecule has 20 heavy (non-hydrogen) atoms. The van der Waals surface area contributed by atoms with Crippen molar-refractivity contribution in [3.05, 3.63) is 42.0 Å². The van der Waals surface area contributed by atoms with E-state index in [1.54, 1.807) is 18.1 Å². The number of nitrogens with one attached hydrogen (secondary N) is 2. The van der Waals surface area contributed by atoms with Crippen molar-refractivity contribution < 1.29 is 4.79 Å². The molecule has 0 bridgehead atoms. The molecule has 5 heteroatoms. The van der Waals surface area contributed by atoms with Crippen molar-refractivity contribution in [1.29, 1.82) is 0 Å². The number of nitrogens with zero attached hydrogens (tertiary/aromatic N) is 1. The molecule has 1 atom stereocenters. The van der Waals surface area contributed by atoms with Crippen LogP contribution < -0.4 is 5.32 Å². The molecule has 1 amide bonds. The number of fused-ring (bicyclic) bond motifs is 1. The molecule has 0 saturated heterocycles. The molecule has 0 saturated carbocycles. The molecule has 0 spiro atoms. The Hall–Kier alpha value is -1.75. The Balaban J connectivity index is 1.68. The number of amides is 1. The summed E-state index contributed by atoms with van der Waals surface area (Å²) in [6, 6.07) is 7.95. The number of hydrogen-bond donors (Lipinski definition) is 2. The molecule has 0 aliphatic heterocycles. The lowest BCUT2D eigenvalue weighted by Gasteiger charge is -2.20. The molecular weight excluding hydrogens is 270 g/mol. The zero-order valence-electron chi connectivity index (χ0n) is 11.3. The van der Waals surface area contributed by atoms with Gasteiger partial charge in [-0.15, -0.1) is 11.8 Å². The molecule has 2 aromatic rings. The van der Waals surface area contributed by atoms with E-state index in [0.29, 0.717) is 0 Å². The highest BCUT2D eigenvalue weighted by Gasteiger charge is 2.26. The second-order valence-corrected chi connectivity index (χ2v) is 5.87. The summed E-state index contributed by atoms with van der Waals surface area (Å²) in [5, 5.41) is 3.02. The predicted octanol–water partition coefficient (Wildman–Crippen LogP) is 2.88. The third kappa shape index (κ3) is 2.72. The van der Waals surface area contributed by atoms with Gasteiger partial charge in [0.1, 0.15) is 0 Å². The SMILES string of the molecule is CSc1cccc(NC(=O)C2CCc3nc[nH]c3C2)c1. The number of aryl methyl sites for hydroxylation is 1. The summed E-state index contributed by atoms with van der Waals surface area (Å²) in [7, 11) is 0. The fourth-order valence-corrected chi connectivity index (χ4v) is 3.03. The van der Waals surface area contributed by atoms with Crippen molar-refractivity contribution in [1.82, 2.24) is 9.97 Å². The summed E-state index contributed by atoms with van der Waals surface area (Å²) in [5.74, 6) is 0.129. The molecule has 1 unspecified atom stereocenters. The standard InChI is InChI=1S/C15H17N3OS/c1-20-12-4-2-3-11(8-12)18-15(19)10-5-6-13-14(7-10)17-9-16-13/h2-4,8-10H,5-7H2,1H3,(H,16,17)(H,18,19). The molecule has 4 nitrogen and oxygen atoms in total. The van der Waals surface area contributed by atoms with E-state index >= 15 is 0 Å². The number of thioether (sulfide) groups is 1. The van der Waals surface area contributed by atoms with Crippen LogP contribution >= 0.6 is 11.8 Å². The monoisotopic (exact) mass is 287 g/mol. The first-order valence-electron chi connectivity index (χ1n) is 6.72. The molecule has 0 fully saturated rings. The second kappa shape index (κ2) is 5.71. The zero-order chi connectivity index (χ0) is 13.9. The molecule has 1 aliphatic rings. The summed E-state index contributed by atoms with van der Waals surface area (Å²) in [6.07, 6.45) is 6.24. The van der Waals surface area contributed by atoms with Crippen LogP contribution in [0.2, 0.25) is 0 Å². The minimum absolute atomic E-state index is 0.0286. The lowest BCUT2D eigenvalue weighted by molar-refractivity contribution is -0.120. The minimum Gasteiger partial charge on any atom is -0.348 e. The van der Waals surface area contributed by atoms with Gasteiger partial charge in [-0.25, -0.2) is 4.98 Å². The van der Waals surface area contributed by atoms with E-state index in [4.69, 9.17) is 0 Å². The number of rotatable bonds is 3. The number of aromatic amines is 1. The van der Waals surface area contributed by atoms with Gasteiger partial charge >= 0.3 is 0 Å². The van der Waals surface area contributed by atoms with Crippen LogP contribution in [0.5, 0.6) is 0 Å². The van der Waals surface area contributed by atoms with Crippen LogP contribution in [0.15, 0.2) is 35.5 Å². The van der Waals surface area contributed by atoms with Gasteiger partial charge in [0, 0.05) is 28.6 Å². The quantitative estimate of drug-likeness (QED) is 0.853. The van der Waals surface area contributed by atoms with E-state index in [2.05, 4.69) is 15.3 Å². The normalized spacial score (nSPS) is 17.6. The Morgan fingerprint density at radius 1 is 1.50 bits per heavy atom. The van der Waals surface area contributed by atoms with E-state index in [0.717, 1.165) is 41.2 Å². The number of aromatic nitrogens is 2. The summed E-state index contributed by atoms with van der Waals surface area (Å²) < 4.78 is 0. The molecule has 104 valence electrons. The predicted molar refractivity (Wildman–Crippen MR) is 81.0 cm³/mol. The van der Waals surface area contributed by atoms with Gasteiger partial charge in [-0.1, -0.05) is 6.07 Å². The highest BCUT2D eigenvalue weighted by atomic mass is 32.2. The highest BCUT2D eigenvalue weighted by molar-refractivity contribution is 7.98. The maximum absolute atomic E-state index is 12.3. The zero-order valence-corrected chi connectivity index (χ0v) is 12.2. The van der Waals surface area contributed by atoms with Crippen LogP contribution in [0.1, 0.15) is 17.8 Å². The van der Waals surface area contributed by atoms with Crippen molar-refractivity contribution >= 4 is 23.4 Å². The first-order chi connectivity index (χ1) is 9.76. The third-order valence-electron chi connectivity index (χ3n) is 3.70. The highest BCUT2D eigenvalue weighted by Crippen LogP contribution is 2.25. The van der Waals surface area contributed by atoms with E-state index in [9.17, 15) is 4.79 Å². The Morgan fingerprint density at radius 3 is 3.25 bits per heavy atom. The fourth-order valence-electron chi connectivity index (χ4n) is 2.57. The van der Waals surface area contributed by atoms with E-state index in [-0.39, 0.29) is 11.8 Å². The lowest BCUT2D eigenvalue weighted by atomic mass is 9.89. The second-order valence-electron chi connectivity index (χ2n) is 4.99. The third-order valence-corrected chi connectivity index (χ3v) is 4.42. The molecule has 1 aromatic heterocycles. The summed E-state index contributed by atoms with van der Waals surface area (Å²) in [5.41, 5.74) is 3.09. The molecule has 0 radical (unpaired) electrons. The average Bonchev–Trinajstić information content (AvgIpc) is 2.94. The average molecular weight is 287 g/mol. The number of imidazole rings is 1. The smallest absolute Gasteiger partial charge is 0.227 e. The van der Waals surface area contributed by atoms with Gasteiger partial charge in [0.05, 0.1) is 12.0 Å². The molecule has 2 N–H and O–H groups in total. The van der Waals surface area contributed by atoms with Crippen molar-refractivity contribution in [2.75, 3.05) is 11.6 Å². The molecule has 3 rings (SSSR count). The van der Waals surface area contributed by atoms with Crippen LogP contribution in [0.25, 0.3) is 0 Å². The number of carbonyl (C=O) groups excluding carboxylic acids is 1. The van der Waals surface area contributed by atoms with Gasteiger partial charge in [0.25, 0.3) is 0 Å². The Morgan fingerprint density at radius 2 is 2.40 bits per heavy atom. The summed E-state index contributed by atoms with van der Waals surface area (Å²) in [6.45, 7) is 0. The van der Waals surface area contributed by atoms with E-state index in [1.165, 1.54) is 0 Å². The van der Waals surface area contributed by atoms with Gasteiger partial charge < -0.3 is 10.3 Å². The van der Waals surface area contributed by atoms with Crippen molar-refractivity contribution in [3.63, 3.8) is 0 Å². The Labute approximate surface area is 122 Å². The first kappa shape index (κ1) is 13.2. The van der Waals surface area contributed by atoms with Crippen LogP contribution in [0.3, 0.4) is 0 Å². The number of anilines is 1. The van der Waals surface area contributed by atoms with Crippen LogP contribution in [-0.2, 0) is 17.6 Å². The van der Waals surface area contributed by atoms with Crippen LogP contribution in [-0.4, -0.2) is 22.1 Å². The van der Waals surface area contributed by atoms with Gasteiger partial charge in [0.2, 0.25) is 5.91 Å². The maximum atomic E-state index is 12.3. The maximum Gasteiger partial charge on any atom is 0.227 e. The Kier molecular flexibility index (Phi) is 3.78.